The van der Waals surface area contributed by atoms with Gasteiger partial charge in [-0.3, -0.25) is 0 Å². The largest absolute Gasteiger partial charge is 0.497 e. The quantitative estimate of drug-likeness (QED) is 0.907. The Hall–Kier alpha value is -0.670. The molecule has 0 saturated carbocycles. The molecule has 110 valence electrons. The molecule has 20 heavy (non-hydrogen) atoms. The Labute approximate surface area is 126 Å². The molecule has 0 amide bonds. The van der Waals surface area contributed by atoms with Gasteiger partial charge in [-0.1, -0.05) is 12.5 Å². The van der Waals surface area contributed by atoms with Gasteiger partial charge in [0.1, 0.15) is 5.75 Å². The maximum Gasteiger partial charge on any atom is 0.119 e. The Morgan fingerprint density at radius 3 is 3.00 bits per heavy atom. The number of benzene rings is 1. The molecule has 1 aliphatic heterocycles. The van der Waals surface area contributed by atoms with Crippen molar-refractivity contribution >= 4 is 11.8 Å². The fourth-order valence-corrected chi connectivity index (χ4v) is 4.62. The van der Waals surface area contributed by atoms with E-state index in [4.69, 9.17) is 4.74 Å². The van der Waals surface area contributed by atoms with Crippen LogP contribution in [0.15, 0.2) is 18.2 Å². The Balaban J connectivity index is 1.63. The fourth-order valence-electron chi connectivity index (χ4n) is 3.37. The van der Waals surface area contributed by atoms with E-state index in [2.05, 4.69) is 35.3 Å². The number of fused-ring (bicyclic) bond motifs is 1. The van der Waals surface area contributed by atoms with Gasteiger partial charge in [0, 0.05) is 17.8 Å². The highest BCUT2D eigenvalue weighted by atomic mass is 32.2. The third kappa shape index (κ3) is 3.32. The smallest absolute Gasteiger partial charge is 0.119 e. The van der Waals surface area contributed by atoms with Crippen molar-refractivity contribution in [3.05, 3.63) is 29.3 Å². The maximum atomic E-state index is 5.35. The van der Waals surface area contributed by atoms with Crippen molar-refractivity contribution in [2.75, 3.05) is 19.4 Å². The van der Waals surface area contributed by atoms with Crippen LogP contribution in [0.4, 0.5) is 0 Å². The second kappa shape index (κ2) is 6.86. The first kappa shape index (κ1) is 14.3. The van der Waals surface area contributed by atoms with Crippen molar-refractivity contribution in [3.63, 3.8) is 0 Å². The lowest BCUT2D eigenvalue weighted by molar-refractivity contribution is 0.410. The second-order valence-electron chi connectivity index (χ2n) is 5.91. The minimum Gasteiger partial charge on any atom is -0.497 e. The Kier molecular flexibility index (Phi) is 4.90. The van der Waals surface area contributed by atoms with E-state index in [0.717, 1.165) is 11.0 Å². The summed E-state index contributed by atoms with van der Waals surface area (Å²) >= 11 is 2.16. The minimum atomic E-state index is 0.548. The molecule has 2 atom stereocenters. The molecule has 1 fully saturated rings. The maximum absolute atomic E-state index is 5.35. The van der Waals surface area contributed by atoms with E-state index in [1.807, 2.05) is 0 Å². The molecule has 1 N–H and O–H groups in total. The molecule has 1 saturated heterocycles. The number of thioether (sulfide) groups is 1. The van der Waals surface area contributed by atoms with E-state index in [-0.39, 0.29) is 0 Å². The van der Waals surface area contributed by atoms with Crippen LogP contribution in [0, 0.1) is 0 Å². The lowest BCUT2D eigenvalue weighted by Crippen LogP contribution is -2.32. The zero-order valence-electron chi connectivity index (χ0n) is 12.4. The molecule has 2 unspecified atom stereocenters. The third-order valence-corrected chi connectivity index (χ3v) is 5.93. The summed E-state index contributed by atoms with van der Waals surface area (Å²) in [4.78, 5) is 0. The topological polar surface area (TPSA) is 21.3 Å². The molecule has 2 aliphatic rings. The number of methoxy groups -OCH3 is 1. The predicted molar refractivity (Wildman–Crippen MR) is 86.8 cm³/mol. The molecule has 1 heterocycles. The monoisotopic (exact) mass is 291 g/mol. The van der Waals surface area contributed by atoms with E-state index < -0.39 is 0 Å². The molecule has 0 bridgehead atoms. The normalized spacial score (nSPS) is 26.1. The van der Waals surface area contributed by atoms with E-state index >= 15 is 0 Å². The molecule has 1 aliphatic carbocycles. The van der Waals surface area contributed by atoms with Gasteiger partial charge in [-0.2, -0.15) is 11.8 Å². The van der Waals surface area contributed by atoms with Crippen LogP contribution in [0.1, 0.15) is 49.3 Å². The SMILES string of the molecule is COc1ccc2c(c1)CCCC2NCC1CCCCS1. The van der Waals surface area contributed by atoms with Gasteiger partial charge in [-0.25, -0.2) is 0 Å². The van der Waals surface area contributed by atoms with Crippen molar-refractivity contribution in [1.29, 1.82) is 0 Å². The molecule has 0 aromatic heterocycles. The summed E-state index contributed by atoms with van der Waals surface area (Å²) in [6.07, 6.45) is 7.97. The molecule has 0 radical (unpaired) electrons. The summed E-state index contributed by atoms with van der Waals surface area (Å²) < 4.78 is 5.35. The van der Waals surface area contributed by atoms with Crippen molar-refractivity contribution in [1.82, 2.24) is 5.32 Å². The van der Waals surface area contributed by atoms with Crippen LogP contribution < -0.4 is 10.1 Å². The Morgan fingerprint density at radius 2 is 2.20 bits per heavy atom. The molecule has 2 nitrogen and oxygen atoms in total. The number of ether oxygens (including phenoxy) is 1. The zero-order valence-corrected chi connectivity index (χ0v) is 13.2. The first-order valence-corrected chi connectivity index (χ1v) is 8.93. The van der Waals surface area contributed by atoms with Crippen LogP contribution in [0.25, 0.3) is 0 Å². The summed E-state index contributed by atoms with van der Waals surface area (Å²) in [6.45, 7) is 1.17. The number of hydrogen-bond acceptors (Lipinski definition) is 3. The van der Waals surface area contributed by atoms with E-state index in [1.165, 1.54) is 61.9 Å². The first-order valence-electron chi connectivity index (χ1n) is 7.88. The lowest BCUT2D eigenvalue weighted by atomic mass is 9.87. The standard InChI is InChI=1S/C17H25NOS/c1-19-14-8-9-16-13(11-14)5-4-7-17(16)18-12-15-6-2-3-10-20-15/h8-9,11,15,17-18H,2-7,10,12H2,1H3. The molecule has 3 rings (SSSR count). The Bertz CT molecular complexity index is 443. The average molecular weight is 291 g/mol. The zero-order chi connectivity index (χ0) is 13.8. The van der Waals surface area contributed by atoms with Crippen LogP contribution in [0.5, 0.6) is 5.75 Å². The summed E-state index contributed by atoms with van der Waals surface area (Å²) in [5.74, 6) is 2.34. The van der Waals surface area contributed by atoms with Gasteiger partial charge >= 0.3 is 0 Å². The highest BCUT2D eigenvalue weighted by Crippen LogP contribution is 2.33. The predicted octanol–water partition coefficient (Wildman–Crippen LogP) is 3.95. The van der Waals surface area contributed by atoms with Crippen molar-refractivity contribution < 1.29 is 4.74 Å². The van der Waals surface area contributed by atoms with Gasteiger partial charge in [0.2, 0.25) is 0 Å². The van der Waals surface area contributed by atoms with E-state index in [9.17, 15) is 0 Å². The van der Waals surface area contributed by atoms with Gasteiger partial charge in [-0.05, 0) is 61.1 Å². The van der Waals surface area contributed by atoms with Gasteiger partial charge in [0.05, 0.1) is 7.11 Å². The van der Waals surface area contributed by atoms with E-state index in [1.54, 1.807) is 7.11 Å². The fraction of sp³-hybridized carbons (Fsp3) is 0.647. The van der Waals surface area contributed by atoms with Gasteiger partial charge < -0.3 is 10.1 Å². The highest BCUT2D eigenvalue weighted by molar-refractivity contribution is 7.99. The van der Waals surface area contributed by atoms with Gasteiger partial charge in [0.25, 0.3) is 0 Å². The van der Waals surface area contributed by atoms with Crippen LogP contribution in [-0.2, 0) is 6.42 Å². The van der Waals surface area contributed by atoms with Crippen molar-refractivity contribution in [2.24, 2.45) is 0 Å². The van der Waals surface area contributed by atoms with Crippen molar-refractivity contribution in [3.8, 4) is 5.75 Å². The summed E-state index contributed by atoms with van der Waals surface area (Å²) in [5, 5.41) is 4.65. The summed E-state index contributed by atoms with van der Waals surface area (Å²) in [7, 11) is 1.75. The number of aryl methyl sites for hydroxylation is 1. The molecule has 1 aromatic carbocycles. The van der Waals surface area contributed by atoms with Crippen LogP contribution in [0.3, 0.4) is 0 Å². The average Bonchev–Trinajstić information content (AvgIpc) is 2.53. The van der Waals surface area contributed by atoms with E-state index in [0.29, 0.717) is 6.04 Å². The number of hydrogen-bond donors (Lipinski definition) is 1. The molecular formula is C17H25NOS. The van der Waals surface area contributed by atoms with Gasteiger partial charge in [0.15, 0.2) is 0 Å². The number of nitrogens with one attached hydrogen (secondary N) is 1. The molecule has 0 spiro atoms. The summed E-state index contributed by atoms with van der Waals surface area (Å²) in [5.41, 5.74) is 2.97. The van der Waals surface area contributed by atoms with Crippen LogP contribution in [0.2, 0.25) is 0 Å². The second-order valence-corrected chi connectivity index (χ2v) is 7.31. The van der Waals surface area contributed by atoms with Crippen LogP contribution >= 0.6 is 11.8 Å². The summed E-state index contributed by atoms with van der Waals surface area (Å²) in [6, 6.07) is 7.14. The first-order chi connectivity index (χ1) is 9.86. The lowest BCUT2D eigenvalue weighted by Gasteiger charge is -2.29. The molecule has 1 aromatic rings. The van der Waals surface area contributed by atoms with Crippen molar-refractivity contribution in [2.45, 2.75) is 49.8 Å². The number of rotatable bonds is 4. The molecule has 3 heteroatoms. The van der Waals surface area contributed by atoms with Crippen LogP contribution in [-0.4, -0.2) is 24.7 Å². The third-order valence-electron chi connectivity index (χ3n) is 4.53. The van der Waals surface area contributed by atoms with Gasteiger partial charge in [-0.15, -0.1) is 0 Å². The minimum absolute atomic E-state index is 0.548. The Morgan fingerprint density at radius 1 is 1.25 bits per heavy atom. The molecular weight excluding hydrogens is 266 g/mol. The highest BCUT2D eigenvalue weighted by Gasteiger charge is 2.22.